The van der Waals surface area contributed by atoms with Gasteiger partial charge in [-0.05, 0) is 6.07 Å². The summed E-state index contributed by atoms with van der Waals surface area (Å²) in [6.45, 7) is 0. The highest BCUT2D eigenvalue weighted by Gasteiger charge is 2.11. The number of nitrogens with one attached hydrogen (secondary N) is 1. The van der Waals surface area contributed by atoms with E-state index in [-0.39, 0.29) is 5.56 Å². The van der Waals surface area contributed by atoms with Gasteiger partial charge in [-0.25, -0.2) is 4.98 Å². The van der Waals surface area contributed by atoms with Crippen molar-refractivity contribution in [1.82, 2.24) is 15.2 Å². The van der Waals surface area contributed by atoms with E-state index in [4.69, 9.17) is 17.3 Å². The molecule has 0 saturated heterocycles. The van der Waals surface area contributed by atoms with Gasteiger partial charge in [-0.2, -0.15) is 9.49 Å². The van der Waals surface area contributed by atoms with Gasteiger partial charge < -0.3 is 5.73 Å². The number of nitrogens with two attached hydrogens (primary N) is 1. The molecule has 0 saturated carbocycles. The Morgan fingerprint density at radius 1 is 1.43 bits per heavy atom. The summed E-state index contributed by atoms with van der Waals surface area (Å²) in [5.74, 6) is -0.634. The molecule has 2 rings (SSSR count). The van der Waals surface area contributed by atoms with Crippen LogP contribution in [0.25, 0.3) is 11.3 Å². The van der Waals surface area contributed by atoms with Gasteiger partial charge in [-0.15, -0.1) is 0 Å². The molecule has 0 bridgehead atoms. The quantitative estimate of drug-likeness (QED) is 0.709. The first-order chi connectivity index (χ1) is 6.68. The third-order valence-electron chi connectivity index (χ3n) is 1.74. The maximum absolute atomic E-state index is 13.2. The summed E-state index contributed by atoms with van der Waals surface area (Å²) >= 11 is 5.68. The molecule has 0 atom stereocenters. The highest BCUT2D eigenvalue weighted by Crippen LogP contribution is 2.26. The maximum atomic E-state index is 13.2. The van der Waals surface area contributed by atoms with Crippen LogP contribution in [0.5, 0.6) is 0 Å². The molecule has 0 aliphatic heterocycles. The van der Waals surface area contributed by atoms with E-state index in [1.807, 2.05) is 0 Å². The number of H-pyrrole nitrogens is 1. The van der Waals surface area contributed by atoms with Crippen molar-refractivity contribution in [2.24, 2.45) is 0 Å². The lowest BCUT2D eigenvalue weighted by Gasteiger charge is -2.00. The third kappa shape index (κ3) is 1.42. The molecule has 6 heteroatoms. The van der Waals surface area contributed by atoms with Gasteiger partial charge in [0.2, 0.25) is 5.95 Å². The van der Waals surface area contributed by atoms with Crippen LogP contribution in [0.2, 0.25) is 5.02 Å². The van der Waals surface area contributed by atoms with Gasteiger partial charge in [-0.3, -0.25) is 5.10 Å². The van der Waals surface area contributed by atoms with Crippen molar-refractivity contribution in [2.75, 3.05) is 5.73 Å². The number of anilines is 1. The monoisotopic (exact) mass is 212 g/mol. The normalized spacial score (nSPS) is 10.4. The second kappa shape index (κ2) is 3.26. The molecule has 0 amide bonds. The molecule has 3 N–H and O–H groups in total. The van der Waals surface area contributed by atoms with Crippen molar-refractivity contribution in [3.63, 3.8) is 0 Å². The van der Waals surface area contributed by atoms with Crippen molar-refractivity contribution in [2.45, 2.75) is 0 Å². The zero-order valence-corrected chi connectivity index (χ0v) is 7.72. The van der Waals surface area contributed by atoms with Crippen molar-refractivity contribution < 1.29 is 4.39 Å². The predicted octanol–water partition coefficient (Wildman–Crippen LogP) is 1.85. The minimum absolute atomic E-state index is 0.215. The lowest BCUT2D eigenvalue weighted by Crippen LogP contribution is -1.92. The fourth-order valence-electron chi connectivity index (χ4n) is 1.11. The van der Waals surface area contributed by atoms with Crippen LogP contribution in [0.3, 0.4) is 0 Å². The van der Waals surface area contributed by atoms with Crippen LogP contribution >= 0.6 is 11.6 Å². The number of rotatable bonds is 1. The lowest BCUT2D eigenvalue weighted by molar-refractivity contribution is 0.587. The number of nitrogens with zero attached hydrogens (tertiary/aromatic N) is 2. The molecule has 72 valence electrons. The number of halogens is 2. The number of pyridine rings is 1. The van der Waals surface area contributed by atoms with Gasteiger partial charge in [0.1, 0.15) is 0 Å². The predicted molar refractivity (Wildman–Crippen MR) is 51.2 cm³/mol. The molecule has 0 unspecified atom stereocenters. The Bertz CT molecular complexity index is 468. The number of aromatic nitrogens is 3. The third-order valence-corrected chi connectivity index (χ3v) is 1.95. The number of aromatic amines is 1. The highest BCUT2D eigenvalue weighted by atomic mass is 35.5. The first-order valence-electron chi connectivity index (χ1n) is 3.78. The second-order valence-corrected chi connectivity index (χ2v) is 3.13. The SMILES string of the molecule is Nc1cn[nH]c1-c1cc(Cl)cnc1F. The van der Waals surface area contributed by atoms with E-state index >= 15 is 0 Å². The van der Waals surface area contributed by atoms with E-state index < -0.39 is 5.95 Å². The molecule has 14 heavy (non-hydrogen) atoms. The molecule has 2 aromatic rings. The minimum Gasteiger partial charge on any atom is -0.396 e. The standard InChI is InChI=1S/C8H6ClFN4/c9-4-1-5(8(10)12-2-4)7-6(11)3-13-14-7/h1-3H,11H2,(H,13,14). The molecular formula is C8H6ClFN4. The molecule has 0 aliphatic rings. The van der Waals surface area contributed by atoms with Crippen molar-refractivity contribution in [1.29, 1.82) is 0 Å². The summed E-state index contributed by atoms with van der Waals surface area (Å²) in [4.78, 5) is 3.47. The van der Waals surface area contributed by atoms with Crippen LogP contribution < -0.4 is 5.73 Å². The lowest BCUT2D eigenvalue weighted by atomic mass is 10.2. The largest absolute Gasteiger partial charge is 0.396 e. The Balaban J connectivity index is 2.62. The van der Waals surface area contributed by atoms with Crippen LogP contribution in [0, 0.1) is 5.95 Å². The number of hydrogen-bond donors (Lipinski definition) is 2. The minimum atomic E-state index is -0.634. The molecule has 2 heterocycles. The molecular weight excluding hydrogens is 207 g/mol. The molecule has 0 radical (unpaired) electrons. The first kappa shape index (κ1) is 8.96. The Morgan fingerprint density at radius 2 is 2.21 bits per heavy atom. The first-order valence-corrected chi connectivity index (χ1v) is 4.16. The van der Waals surface area contributed by atoms with E-state index in [2.05, 4.69) is 15.2 Å². The number of nitrogen functional groups attached to an aromatic ring is 1. The summed E-state index contributed by atoms with van der Waals surface area (Å²) in [6, 6.07) is 1.44. The second-order valence-electron chi connectivity index (χ2n) is 2.69. The van der Waals surface area contributed by atoms with E-state index in [1.54, 1.807) is 0 Å². The summed E-state index contributed by atoms with van der Waals surface area (Å²) < 4.78 is 13.2. The van der Waals surface area contributed by atoms with Gasteiger partial charge in [0.25, 0.3) is 0 Å². The van der Waals surface area contributed by atoms with Crippen LogP contribution in [0.1, 0.15) is 0 Å². The average molecular weight is 213 g/mol. The Morgan fingerprint density at radius 3 is 2.86 bits per heavy atom. The molecule has 0 aliphatic carbocycles. The van der Waals surface area contributed by atoms with Gasteiger partial charge >= 0.3 is 0 Å². The summed E-state index contributed by atoms with van der Waals surface area (Å²) in [5.41, 5.74) is 6.52. The molecule has 4 nitrogen and oxygen atoms in total. The Labute approximate surface area is 83.9 Å². The smallest absolute Gasteiger partial charge is 0.222 e. The van der Waals surface area contributed by atoms with Crippen molar-refractivity contribution >= 4 is 17.3 Å². The Kier molecular flexibility index (Phi) is 2.09. The average Bonchev–Trinajstić information content (AvgIpc) is 2.56. The summed E-state index contributed by atoms with van der Waals surface area (Å²) in [5, 5.41) is 6.60. The fraction of sp³-hybridized carbons (Fsp3) is 0. The highest BCUT2D eigenvalue weighted by molar-refractivity contribution is 6.30. The maximum Gasteiger partial charge on any atom is 0.222 e. The number of hydrogen-bond acceptors (Lipinski definition) is 3. The Hall–Kier alpha value is -1.62. The molecule has 2 aromatic heterocycles. The van der Waals surface area contributed by atoms with Gasteiger partial charge in [0.05, 0.1) is 28.2 Å². The van der Waals surface area contributed by atoms with Crippen molar-refractivity contribution in [3.05, 3.63) is 29.4 Å². The van der Waals surface area contributed by atoms with Gasteiger partial charge in [0, 0.05) is 6.20 Å². The van der Waals surface area contributed by atoms with E-state index in [9.17, 15) is 4.39 Å². The van der Waals surface area contributed by atoms with Crippen LogP contribution in [0.4, 0.5) is 10.1 Å². The van der Waals surface area contributed by atoms with Crippen molar-refractivity contribution in [3.8, 4) is 11.3 Å². The van der Waals surface area contributed by atoms with Crippen LogP contribution in [-0.2, 0) is 0 Å². The molecule has 0 fully saturated rings. The topological polar surface area (TPSA) is 67.6 Å². The van der Waals surface area contributed by atoms with E-state index in [0.717, 1.165) is 0 Å². The van der Waals surface area contributed by atoms with Crippen LogP contribution in [-0.4, -0.2) is 15.2 Å². The summed E-state index contributed by atoms with van der Waals surface area (Å²) in [6.07, 6.45) is 2.63. The van der Waals surface area contributed by atoms with E-state index in [0.29, 0.717) is 16.4 Å². The summed E-state index contributed by atoms with van der Waals surface area (Å²) in [7, 11) is 0. The fourth-order valence-corrected chi connectivity index (χ4v) is 1.27. The van der Waals surface area contributed by atoms with Gasteiger partial charge in [-0.1, -0.05) is 11.6 Å². The van der Waals surface area contributed by atoms with Crippen LogP contribution in [0.15, 0.2) is 18.5 Å². The zero-order chi connectivity index (χ0) is 10.1. The zero-order valence-electron chi connectivity index (χ0n) is 6.96. The van der Waals surface area contributed by atoms with Gasteiger partial charge in [0.15, 0.2) is 0 Å². The van der Waals surface area contributed by atoms with E-state index in [1.165, 1.54) is 18.5 Å². The molecule has 0 spiro atoms. The molecule has 0 aromatic carbocycles.